The van der Waals surface area contributed by atoms with Crippen LogP contribution in [0.5, 0.6) is 0 Å². The Morgan fingerprint density at radius 3 is 2.13 bits per heavy atom. The quantitative estimate of drug-likeness (QED) is 0.712. The summed E-state index contributed by atoms with van der Waals surface area (Å²) in [5.74, 6) is 0.326. The summed E-state index contributed by atoms with van der Waals surface area (Å²) < 4.78 is 12.8. The van der Waals surface area contributed by atoms with Gasteiger partial charge < -0.3 is 9.31 Å². The molecule has 23 heavy (non-hydrogen) atoms. The minimum Gasteiger partial charge on any atom is -0.403 e. The molecule has 127 valence electrons. The smallest absolute Gasteiger partial charge is 0.403 e. The van der Waals surface area contributed by atoms with Gasteiger partial charge in [-0.05, 0) is 39.7 Å². The molecule has 2 rings (SSSR count). The van der Waals surface area contributed by atoms with Gasteiger partial charge in [-0.15, -0.1) is 0 Å². The zero-order valence-electron chi connectivity index (χ0n) is 15.9. The second-order valence-corrected chi connectivity index (χ2v) is 10.5. The van der Waals surface area contributed by atoms with Gasteiger partial charge in [-0.3, -0.25) is 0 Å². The van der Waals surface area contributed by atoms with Crippen molar-refractivity contribution in [3.05, 3.63) is 29.8 Å². The normalized spacial score (nSPS) is 21.0. The summed E-state index contributed by atoms with van der Waals surface area (Å²) in [4.78, 5) is 0. The van der Waals surface area contributed by atoms with E-state index in [2.05, 4.69) is 72.0 Å². The first-order valence-corrected chi connectivity index (χ1v) is 11.4. The van der Waals surface area contributed by atoms with Crippen LogP contribution in [-0.4, -0.2) is 27.1 Å². The third-order valence-corrected chi connectivity index (χ3v) is 6.90. The lowest BCUT2D eigenvalue weighted by atomic mass is 9.65. The van der Waals surface area contributed by atoms with E-state index in [0.717, 1.165) is 6.42 Å². The fourth-order valence-electron chi connectivity index (χ4n) is 3.19. The molecular formula is C19H32BO2Si. The summed E-state index contributed by atoms with van der Waals surface area (Å²) in [6.07, 6.45) is 3.53. The van der Waals surface area contributed by atoms with Crippen molar-refractivity contribution in [2.24, 2.45) is 0 Å². The van der Waals surface area contributed by atoms with E-state index in [4.69, 9.17) is 9.31 Å². The first-order chi connectivity index (χ1) is 10.7. The van der Waals surface area contributed by atoms with E-state index in [1.165, 1.54) is 23.6 Å². The summed E-state index contributed by atoms with van der Waals surface area (Å²) in [5, 5.41) is 1.52. The van der Waals surface area contributed by atoms with Gasteiger partial charge in [0.15, 0.2) is 0 Å². The first-order valence-electron chi connectivity index (χ1n) is 8.94. The highest BCUT2D eigenvalue weighted by molar-refractivity contribution is 6.71. The van der Waals surface area contributed by atoms with Gasteiger partial charge in [0.2, 0.25) is 0 Å². The minimum atomic E-state index is -0.508. The van der Waals surface area contributed by atoms with Gasteiger partial charge >= 0.3 is 7.12 Å². The highest BCUT2D eigenvalue weighted by Crippen LogP contribution is 2.41. The Hall–Kier alpha value is -0.578. The van der Waals surface area contributed by atoms with E-state index in [0.29, 0.717) is 5.82 Å². The van der Waals surface area contributed by atoms with Crippen molar-refractivity contribution >= 4 is 21.1 Å². The fraction of sp³-hybridized carbons (Fsp3) is 0.684. The minimum absolute atomic E-state index is 0.144. The van der Waals surface area contributed by atoms with Crippen LogP contribution in [0.15, 0.2) is 24.3 Å². The average molecular weight is 331 g/mol. The van der Waals surface area contributed by atoms with Crippen molar-refractivity contribution in [1.29, 1.82) is 0 Å². The van der Waals surface area contributed by atoms with Crippen molar-refractivity contribution in [3.8, 4) is 0 Å². The standard InChI is InChI=1S/C19H32BO2Si/c1-8-9-13-16(15-12-10-11-14-17(15)23(6)7)20-21-18(2,3)19(4,5)22-20/h10-12,14,16H,8-9,13H2,1-7H3. The van der Waals surface area contributed by atoms with Crippen LogP contribution in [0.2, 0.25) is 13.1 Å². The van der Waals surface area contributed by atoms with Crippen LogP contribution in [0.1, 0.15) is 65.3 Å². The second kappa shape index (κ2) is 7.12. The van der Waals surface area contributed by atoms with E-state index < -0.39 is 8.80 Å². The summed E-state index contributed by atoms with van der Waals surface area (Å²) in [6.45, 7) is 15.6. The molecule has 1 unspecified atom stereocenters. The highest BCUT2D eigenvalue weighted by atomic mass is 28.3. The summed E-state index contributed by atoms with van der Waals surface area (Å²) in [6, 6.07) is 8.91. The largest absolute Gasteiger partial charge is 0.465 e. The van der Waals surface area contributed by atoms with Crippen LogP contribution < -0.4 is 5.19 Å². The van der Waals surface area contributed by atoms with Crippen molar-refractivity contribution in [2.45, 2.75) is 84.0 Å². The molecule has 0 aromatic heterocycles. The predicted molar refractivity (Wildman–Crippen MR) is 102 cm³/mol. The third kappa shape index (κ3) is 3.92. The van der Waals surface area contributed by atoms with Gasteiger partial charge in [-0.25, -0.2) is 0 Å². The molecule has 0 saturated carbocycles. The molecule has 4 heteroatoms. The molecule has 0 aliphatic carbocycles. The van der Waals surface area contributed by atoms with Gasteiger partial charge in [-0.1, -0.05) is 62.3 Å². The van der Waals surface area contributed by atoms with Crippen LogP contribution >= 0.6 is 0 Å². The lowest BCUT2D eigenvalue weighted by Crippen LogP contribution is -2.41. The predicted octanol–water partition coefficient (Wildman–Crippen LogP) is 4.55. The van der Waals surface area contributed by atoms with Crippen LogP contribution in [-0.2, 0) is 9.31 Å². The lowest BCUT2D eigenvalue weighted by Gasteiger charge is -2.32. The molecule has 0 spiro atoms. The molecule has 1 fully saturated rings. The van der Waals surface area contributed by atoms with E-state index in [1.54, 1.807) is 0 Å². The molecular weight excluding hydrogens is 299 g/mol. The molecule has 1 atom stereocenters. The van der Waals surface area contributed by atoms with Crippen LogP contribution in [0, 0.1) is 0 Å². The second-order valence-electron chi connectivity index (χ2n) is 7.96. The van der Waals surface area contributed by atoms with Crippen LogP contribution in [0.3, 0.4) is 0 Å². The van der Waals surface area contributed by atoms with Crippen molar-refractivity contribution in [2.75, 3.05) is 0 Å². The van der Waals surface area contributed by atoms with Crippen LogP contribution in [0.4, 0.5) is 0 Å². The molecule has 1 aliphatic heterocycles. The van der Waals surface area contributed by atoms with E-state index in [9.17, 15) is 0 Å². The molecule has 1 aromatic carbocycles. The van der Waals surface area contributed by atoms with Crippen molar-refractivity contribution in [1.82, 2.24) is 0 Å². The van der Waals surface area contributed by atoms with E-state index >= 15 is 0 Å². The molecule has 1 radical (unpaired) electrons. The molecule has 0 amide bonds. The molecule has 2 nitrogen and oxygen atoms in total. The number of benzene rings is 1. The van der Waals surface area contributed by atoms with Crippen molar-refractivity contribution in [3.63, 3.8) is 0 Å². The number of rotatable bonds is 6. The molecule has 1 saturated heterocycles. The van der Waals surface area contributed by atoms with Gasteiger partial charge in [0.1, 0.15) is 0 Å². The molecule has 1 aromatic rings. The highest BCUT2D eigenvalue weighted by Gasteiger charge is 2.53. The number of unbranched alkanes of at least 4 members (excludes halogenated alkanes) is 1. The fourth-order valence-corrected chi connectivity index (χ4v) is 4.47. The number of hydrogen-bond acceptors (Lipinski definition) is 2. The molecule has 0 N–H and O–H groups in total. The van der Waals surface area contributed by atoms with Gasteiger partial charge in [0.05, 0.1) is 20.0 Å². The Kier molecular flexibility index (Phi) is 5.81. The lowest BCUT2D eigenvalue weighted by molar-refractivity contribution is 0.00578. The van der Waals surface area contributed by atoms with Gasteiger partial charge in [0.25, 0.3) is 0 Å². The molecule has 0 bridgehead atoms. The Morgan fingerprint density at radius 1 is 1.04 bits per heavy atom. The monoisotopic (exact) mass is 331 g/mol. The van der Waals surface area contributed by atoms with E-state index in [-0.39, 0.29) is 18.3 Å². The van der Waals surface area contributed by atoms with Crippen molar-refractivity contribution < 1.29 is 9.31 Å². The summed E-state index contributed by atoms with van der Waals surface area (Å²) >= 11 is 0. The first kappa shape index (κ1) is 18.8. The Labute approximate surface area is 144 Å². The topological polar surface area (TPSA) is 18.5 Å². The van der Waals surface area contributed by atoms with E-state index in [1.807, 2.05) is 0 Å². The van der Waals surface area contributed by atoms with Gasteiger partial charge in [0, 0.05) is 5.82 Å². The Bertz CT molecular complexity index is 512. The van der Waals surface area contributed by atoms with Gasteiger partial charge in [-0.2, -0.15) is 0 Å². The zero-order chi connectivity index (χ0) is 17.3. The Balaban J connectivity index is 2.36. The Morgan fingerprint density at radius 2 is 1.61 bits per heavy atom. The SMILES string of the molecule is CCCCC(B1OC(C)(C)C(C)(C)O1)c1ccccc1[Si](C)C. The summed E-state index contributed by atoms with van der Waals surface area (Å²) in [7, 11) is -0.652. The molecule has 1 aliphatic rings. The maximum absolute atomic E-state index is 6.40. The average Bonchev–Trinajstić information content (AvgIpc) is 2.68. The molecule has 1 heterocycles. The maximum atomic E-state index is 6.40. The third-order valence-electron chi connectivity index (χ3n) is 5.37. The maximum Gasteiger partial charge on any atom is 0.465 e. The summed E-state index contributed by atoms with van der Waals surface area (Å²) in [5.41, 5.74) is 0.922. The van der Waals surface area contributed by atoms with Crippen LogP contribution in [0.25, 0.3) is 0 Å². The zero-order valence-corrected chi connectivity index (χ0v) is 16.9. The number of hydrogen-bond donors (Lipinski definition) is 0.